The average molecular weight is 215 g/mol. The third kappa shape index (κ3) is 1.69. The molecule has 3 nitrogen and oxygen atoms in total. The molecule has 84 valence electrons. The lowest BCUT2D eigenvalue weighted by atomic mass is 10.0. The van der Waals surface area contributed by atoms with Crippen LogP contribution in [0.25, 0.3) is 11.3 Å². The second-order valence-corrected chi connectivity index (χ2v) is 4.14. The maximum Gasteiger partial charge on any atom is 0.116 e. The molecule has 1 aromatic carbocycles. The van der Waals surface area contributed by atoms with Gasteiger partial charge in [0.1, 0.15) is 5.69 Å². The van der Waals surface area contributed by atoms with Crippen LogP contribution in [0.5, 0.6) is 0 Å². The molecule has 0 unspecified atom stereocenters. The van der Waals surface area contributed by atoms with Crippen LogP contribution in [0.4, 0.5) is 5.69 Å². The maximum absolute atomic E-state index is 4.37. The van der Waals surface area contributed by atoms with Crippen LogP contribution in [0.2, 0.25) is 0 Å². The molecule has 1 heterocycles. The second kappa shape index (κ2) is 4.00. The SMILES string of the molecule is CNc1c(-c2cc(C)ccc2C)n[nH]c1C. The summed E-state index contributed by atoms with van der Waals surface area (Å²) in [5.74, 6) is 0. The van der Waals surface area contributed by atoms with Crippen LogP contribution < -0.4 is 5.32 Å². The number of rotatable bonds is 2. The number of hydrogen-bond acceptors (Lipinski definition) is 2. The maximum atomic E-state index is 4.37. The van der Waals surface area contributed by atoms with Crippen molar-refractivity contribution in [2.45, 2.75) is 20.8 Å². The van der Waals surface area contributed by atoms with Gasteiger partial charge in [-0.3, -0.25) is 5.10 Å². The Morgan fingerprint density at radius 2 is 1.94 bits per heavy atom. The Hall–Kier alpha value is -1.77. The van der Waals surface area contributed by atoms with Crippen LogP contribution in [-0.2, 0) is 0 Å². The number of aromatic amines is 1. The standard InChI is InChI=1S/C13H17N3/c1-8-5-6-9(2)11(7-8)13-12(14-4)10(3)15-16-13/h5-7,14H,1-4H3,(H,15,16). The van der Waals surface area contributed by atoms with Crippen LogP contribution in [-0.4, -0.2) is 17.2 Å². The van der Waals surface area contributed by atoms with E-state index in [-0.39, 0.29) is 0 Å². The molecule has 0 aliphatic heterocycles. The molecule has 0 saturated heterocycles. The number of hydrogen-bond donors (Lipinski definition) is 2. The minimum atomic E-state index is 1.00. The molecule has 0 radical (unpaired) electrons. The van der Waals surface area contributed by atoms with Gasteiger partial charge in [-0.1, -0.05) is 17.7 Å². The molecule has 0 bridgehead atoms. The number of H-pyrrole nitrogens is 1. The van der Waals surface area contributed by atoms with Crippen molar-refractivity contribution in [3.05, 3.63) is 35.0 Å². The molecule has 0 aliphatic rings. The fraction of sp³-hybridized carbons (Fsp3) is 0.308. The van der Waals surface area contributed by atoms with Gasteiger partial charge >= 0.3 is 0 Å². The Kier molecular flexibility index (Phi) is 2.69. The highest BCUT2D eigenvalue weighted by Crippen LogP contribution is 2.30. The Balaban J connectivity index is 2.62. The number of anilines is 1. The summed E-state index contributed by atoms with van der Waals surface area (Å²) in [6.45, 7) is 6.23. The zero-order valence-electron chi connectivity index (χ0n) is 10.2. The smallest absolute Gasteiger partial charge is 0.116 e. The van der Waals surface area contributed by atoms with Crippen molar-refractivity contribution in [3.63, 3.8) is 0 Å². The summed E-state index contributed by atoms with van der Waals surface area (Å²) in [5, 5.41) is 10.6. The third-order valence-electron chi connectivity index (χ3n) is 2.85. The summed E-state index contributed by atoms with van der Waals surface area (Å²) in [5.41, 5.74) is 6.83. The van der Waals surface area contributed by atoms with Crippen molar-refractivity contribution >= 4 is 5.69 Å². The number of aromatic nitrogens is 2. The first-order chi connectivity index (χ1) is 7.63. The molecule has 0 saturated carbocycles. The fourth-order valence-electron chi connectivity index (χ4n) is 1.92. The van der Waals surface area contributed by atoms with Gasteiger partial charge < -0.3 is 5.32 Å². The molecule has 2 aromatic rings. The van der Waals surface area contributed by atoms with E-state index in [4.69, 9.17) is 0 Å². The molecule has 2 rings (SSSR count). The van der Waals surface area contributed by atoms with E-state index in [1.807, 2.05) is 14.0 Å². The molecule has 0 aliphatic carbocycles. The first kappa shape index (κ1) is 10.7. The van der Waals surface area contributed by atoms with Gasteiger partial charge in [0.05, 0.1) is 11.4 Å². The van der Waals surface area contributed by atoms with Gasteiger partial charge in [-0.2, -0.15) is 5.10 Å². The number of aryl methyl sites for hydroxylation is 3. The highest BCUT2D eigenvalue weighted by atomic mass is 15.1. The molecule has 0 atom stereocenters. The number of nitrogens with one attached hydrogen (secondary N) is 2. The van der Waals surface area contributed by atoms with E-state index < -0.39 is 0 Å². The first-order valence-electron chi connectivity index (χ1n) is 5.44. The summed E-state index contributed by atoms with van der Waals surface area (Å²) in [6.07, 6.45) is 0. The van der Waals surface area contributed by atoms with Crippen molar-refractivity contribution in [2.75, 3.05) is 12.4 Å². The average Bonchev–Trinajstić information content (AvgIpc) is 2.63. The fourth-order valence-corrected chi connectivity index (χ4v) is 1.92. The summed E-state index contributed by atoms with van der Waals surface area (Å²) < 4.78 is 0. The van der Waals surface area contributed by atoms with E-state index in [1.165, 1.54) is 16.7 Å². The van der Waals surface area contributed by atoms with E-state index >= 15 is 0 Å². The summed E-state index contributed by atoms with van der Waals surface area (Å²) >= 11 is 0. The molecular formula is C13H17N3. The first-order valence-corrected chi connectivity index (χ1v) is 5.44. The zero-order chi connectivity index (χ0) is 11.7. The third-order valence-corrected chi connectivity index (χ3v) is 2.85. The summed E-state index contributed by atoms with van der Waals surface area (Å²) in [7, 11) is 1.92. The van der Waals surface area contributed by atoms with Crippen molar-refractivity contribution in [3.8, 4) is 11.3 Å². The second-order valence-electron chi connectivity index (χ2n) is 4.14. The minimum absolute atomic E-state index is 1.00. The van der Waals surface area contributed by atoms with E-state index in [2.05, 4.69) is 47.6 Å². The monoisotopic (exact) mass is 215 g/mol. The van der Waals surface area contributed by atoms with Crippen LogP contribution in [0.1, 0.15) is 16.8 Å². The molecule has 0 fully saturated rings. The van der Waals surface area contributed by atoms with Crippen molar-refractivity contribution in [2.24, 2.45) is 0 Å². The number of nitrogens with zero attached hydrogens (tertiary/aromatic N) is 1. The largest absolute Gasteiger partial charge is 0.385 e. The molecular weight excluding hydrogens is 198 g/mol. The van der Waals surface area contributed by atoms with Gasteiger partial charge in [-0.25, -0.2) is 0 Å². The van der Waals surface area contributed by atoms with E-state index in [0.29, 0.717) is 0 Å². The topological polar surface area (TPSA) is 40.7 Å². The summed E-state index contributed by atoms with van der Waals surface area (Å²) in [6, 6.07) is 6.43. The molecule has 1 aromatic heterocycles. The Morgan fingerprint density at radius 1 is 1.19 bits per heavy atom. The van der Waals surface area contributed by atoms with Gasteiger partial charge in [0.2, 0.25) is 0 Å². The molecule has 0 spiro atoms. The lowest BCUT2D eigenvalue weighted by Gasteiger charge is -2.07. The molecule has 0 amide bonds. The predicted octanol–water partition coefficient (Wildman–Crippen LogP) is 3.04. The van der Waals surface area contributed by atoms with Crippen LogP contribution in [0.15, 0.2) is 18.2 Å². The normalized spacial score (nSPS) is 10.5. The number of benzene rings is 1. The van der Waals surface area contributed by atoms with Gasteiger partial charge in [-0.05, 0) is 32.4 Å². The van der Waals surface area contributed by atoms with Crippen molar-refractivity contribution < 1.29 is 0 Å². The predicted molar refractivity (Wildman–Crippen MR) is 67.8 cm³/mol. The minimum Gasteiger partial charge on any atom is -0.385 e. The Morgan fingerprint density at radius 3 is 2.62 bits per heavy atom. The van der Waals surface area contributed by atoms with E-state index in [0.717, 1.165) is 17.1 Å². The molecule has 16 heavy (non-hydrogen) atoms. The van der Waals surface area contributed by atoms with Gasteiger partial charge in [-0.15, -0.1) is 0 Å². The Bertz CT molecular complexity index is 512. The molecule has 3 heteroatoms. The van der Waals surface area contributed by atoms with Crippen molar-refractivity contribution in [1.29, 1.82) is 0 Å². The lowest BCUT2D eigenvalue weighted by molar-refractivity contribution is 1.05. The summed E-state index contributed by atoms with van der Waals surface area (Å²) in [4.78, 5) is 0. The van der Waals surface area contributed by atoms with Gasteiger partial charge in [0.25, 0.3) is 0 Å². The quantitative estimate of drug-likeness (QED) is 0.808. The van der Waals surface area contributed by atoms with Crippen LogP contribution >= 0.6 is 0 Å². The molecule has 2 N–H and O–H groups in total. The van der Waals surface area contributed by atoms with Crippen LogP contribution in [0.3, 0.4) is 0 Å². The highest BCUT2D eigenvalue weighted by Gasteiger charge is 2.12. The van der Waals surface area contributed by atoms with Crippen molar-refractivity contribution in [1.82, 2.24) is 10.2 Å². The highest BCUT2D eigenvalue weighted by molar-refractivity contribution is 5.78. The van der Waals surface area contributed by atoms with Gasteiger partial charge in [0, 0.05) is 12.6 Å². The van der Waals surface area contributed by atoms with Crippen LogP contribution in [0, 0.1) is 20.8 Å². The van der Waals surface area contributed by atoms with E-state index in [1.54, 1.807) is 0 Å². The zero-order valence-corrected chi connectivity index (χ0v) is 10.2. The lowest BCUT2D eigenvalue weighted by Crippen LogP contribution is -1.93. The van der Waals surface area contributed by atoms with E-state index in [9.17, 15) is 0 Å². The van der Waals surface area contributed by atoms with Gasteiger partial charge in [0.15, 0.2) is 0 Å². The Labute approximate surface area is 95.9 Å².